The minimum atomic E-state index is -3.86. The second-order valence-corrected chi connectivity index (χ2v) is 10.5. The summed E-state index contributed by atoms with van der Waals surface area (Å²) in [5, 5.41) is 14.2. The molecule has 0 saturated carbocycles. The fraction of sp³-hybridized carbons (Fsp3) is 0.450. The average molecular weight is 465 g/mol. The quantitative estimate of drug-likeness (QED) is 0.522. The second kappa shape index (κ2) is 8.36. The molecule has 1 aliphatic heterocycles. The summed E-state index contributed by atoms with van der Waals surface area (Å²) in [6.45, 7) is 6.89. The summed E-state index contributed by atoms with van der Waals surface area (Å²) in [7, 11) is -2.00. The lowest BCUT2D eigenvalue weighted by Crippen LogP contribution is -2.36. The zero-order valence-corrected chi connectivity index (χ0v) is 19.6. The van der Waals surface area contributed by atoms with Crippen molar-refractivity contribution in [3.8, 4) is 11.5 Å². The molecule has 4 rings (SSSR count). The predicted molar refractivity (Wildman–Crippen MR) is 117 cm³/mol. The van der Waals surface area contributed by atoms with Crippen LogP contribution in [0.4, 0.5) is 4.39 Å². The molecule has 2 aromatic heterocycles. The van der Waals surface area contributed by atoms with E-state index in [-0.39, 0.29) is 11.4 Å². The number of aromatic nitrogens is 5. The highest BCUT2D eigenvalue weighted by molar-refractivity contribution is 7.99. The Morgan fingerprint density at radius 3 is 2.71 bits per heavy atom. The zero-order valence-electron chi connectivity index (χ0n) is 18.0. The van der Waals surface area contributed by atoms with E-state index in [0.29, 0.717) is 36.6 Å². The highest BCUT2D eigenvalue weighted by Gasteiger charge is 2.34. The number of hydrogen-bond donors (Lipinski definition) is 0. The Kier molecular flexibility index (Phi) is 5.93. The van der Waals surface area contributed by atoms with Gasteiger partial charge in [-0.3, -0.25) is 4.68 Å². The zero-order chi connectivity index (χ0) is 22.3. The molecule has 1 aromatic carbocycles. The number of thioether (sulfide) groups is 1. The SMILES string of the molecule is CCSc1nnc(-c2nn(C)c3c2CN(S(=O)(=O)c2cc(F)ccc2C)CC3)n1CC. The van der Waals surface area contributed by atoms with Crippen molar-refractivity contribution < 1.29 is 12.8 Å². The smallest absolute Gasteiger partial charge is 0.243 e. The molecule has 166 valence electrons. The third kappa shape index (κ3) is 3.79. The van der Waals surface area contributed by atoms with Gasteiger partial charge in [-0.15, -0.1) is 10.2 Å². The van der Waals surface area contributed by atoms with Crippen molar-refractivity contribution in [2.24, 2.45) is 7.05 Å². The third-order valence-corrected chi connectivity index (χ3v) is 8.33. The molecule has 0 unspecified atom stereocenters. The number of nitrogens with zero attached hydrogens (tertiary/aromatic N) is 6. The van der Waals surface area contributed by atoms with Gasteiger partial charge in [-0.05, 0) is 37.3 Å². The number of aryl methyl sites for hydroxylation is 2. The van der Waals surface area contributed by atoms with E-state index in [1.165, 1.54) is 16.4 Å². The maximum atomic E-state index is 13.8. The lowest BCUT2D eigenvalue weighted by molar-refractivity contribution is 0.385. The van der Waals surface area contributed by atoms with Crippen LogP contribution >= 0.6 is 11.8 Å². The summed E-state index contributed by atoms with van der Waals surface area (Å²) in [4.78, 5) is -0.000234. The minimum absolute atomic E-state index is 0.000234. The summed E-state index contributed by atoms with van der Waals surface area (Å²) in [5.41, 5.74) is 2.96. The first-order valence-corrected chi connectivity index (χ1v) is 12.6. The van der Waals surface area contributed by atoms with Crippen molar-refractivity contribution in [3.05, 3.63) is 40.8 Å². The van der Waals surface area contributed by atoms with E-state index in [2.05, 4.69) is 22.2 Å². The molecular weight excluding hydrogens is 439 g/mol. The van der Waals surface area contributed by atoms with Gasteiger partial charge in [-0.2, -0.15) is 9.40 Å². The molecule has 0 N–H and O–H groups in total. The molecule has 0 radical (unpaired) electrons. The third-order valence-electron chi connectivity index (χ3n) is 5.49. The normalized spacial score (nSPS) is 14.7. The molecule has 0 bridgehead atoms. The van der Waals surface area contributed by atoms with Crippen molar-refractivity contribution in [2.45, 2.75) is 50.3 Å². The molecular formula is C20H25FN6O2S2. The molecule has 0 spiro atoms. The molecule has 3 aromatic rings. The van der Waals surface area contributed by atoms with Crippen LogP contribution in [0.15, 0.2) is 28.3 Å². The summed E-state index contributed by atoms with van der Waals surface area (Å²) in [6, 6.07) is 3.85. The van der Waals surface area contributed by atoms with Crippen LogP contribution < -0.4 is 0 Å². The van der Waals surface area contributed by atoms with E-state index in [1.54, 1.807) is 23.4 Å². The van der Waals surface area contributed by atoms with E-state index >= 15 is 0 Å². The van der Waals surface area contributed by atoms with Crippen LogP contribution in [0.25, 0.3) is 11.5 Å². The Morgan fingerprint density at radius 1 is 1.23 bits per heavy atom. The van der Waals surface area contributed by atoms with Gasteiger partial charge in [-0.1, -0.05) is 24.8 Å². The van der Waals surface area contributed by atoms with Crippen LogP contribution in [-0.2, 0) is 36.6 Å². The van der Waals surface area contributed by atoms with Gasteiger partial charge in [0.05, 0.1) is 4.90 Å². The summed E-state index contributed by atoms with van der Waals surface area (Å²) in [6.07, 6.45) is 0.517. The van der Waals surface area contributed by atoms with Gasteiger partial charge in [0.25, 0.3) is 0 Å². The van der Waals surface area contributed by atoms with Crippen molar-refractivity contribution >= 4 is 21.8 Å². The van der Waals surface area contributed by atoms with Crippen LogP contribution in [0.1, 0.15) is 30.7 Å². The molecule has 0 amide bonds. The molecule has 0 fully saturated rings. The molecule has 0 saturated heterocycles. The molecule has 0 aliphatic carbocycles. The van der Waals surface area contributed by atoms with Crippen LogP contribution in [0.2, 0.25) is 0 Å². The van der Waals surface area contributed by atoms with Gasteiger partial charge in [0.15, 0.2) is 11.0 Å². The van der Waals surface area contributed by atoms with Gasteiger partial charge >= 0.3 is 0 Å². The highest BCUT2D eigenvalue weighted by Crippen LogP contribution is 2.33. The van der Waals surface area contributed by atoms with E-state index in [1.807, 2.05) is 18.5 Å². The Morgan fingerprint density at radius 2 is 2.00 bits per heavy atom. The molecule has 0 atom stereocenters. The minimum Gasteiger partial charge on any atom is -0.301 e. The van der Waals surface area contributed by atoms with Gasteiger partial charge in [0.2, 0.25) is 10.0 Å². The maximum Gasteiger partial charge on any atom is 0.243 e. The number of sulfonamides is 1. The number of hydrogen-bond acceptors (Lipinski definition) is 6. The first-order valence-electron chi connectivity index (χ1n) is 10.1. The molecule has 1 aliphatic rings. The standard InChI is InChI=1S/C20H25FN6O2S2/c1-5-27-19(22-23-20(27)30-6-2)18-15-12-26(10-9-16(15)25(4)24-18)31(28,29)17-11-14(21)8-7-13(17)3/h7-8,11H,5-6,9-10,12H2,1-4H3. The number of rotatable bonds is 6. The molecule has 3 heterocycles. The van der Waals surface area contributed by atoms with Gasteiger partial charge < -0.3 is 4.57 Å². The predicted octanol–water partition coefficient (Wildman–Crippen LogP) is 3.01. The van der Waals surface area contributed by atoms with E-state index < -0.39 is 15.8 Å². The summed E-state index contributed by atoms with van der Waals surface area (Å²) in [5.74, 6) is 0.940. The number of benzene rings is 1. The van der Waals surface area contributed by atoms with Gasteiger partial charge in [0, 0.05) is 44.4 Å². The molecule has 11 heteroatoms. The molecule has 8 nitrogen and oxygen atoms in total. The van der Waals surface area contributed by atoms with Crippen LogP contribution in [0.3, 0.4) is 0 Å². The fourth-order valence-electron chi connectivity index (χ4n) is 3.93. The first kappa shape index (κ1) is 22.0. The van der Waals surface area contributed by atoms with Crippen LogP contribution in [0.5, 0.6) is 0 Å². The molecule has 31 heavy (non-hydrogen) atoms. The van der Waals surface area contributed by atoms with Gasteiger partial charge in [-0.25, -0.2) is 12.8 Å². The topological polar surface area (TPSA) is 85.9 Å². The van der Waals surface area contributed by atoms with Crippen molar-refractivity contribution in [3.63, 3.8) is 0 Å². The highest BCUT2D eigenvalue weighted by atomic mass is 32.2. The summed E-state index contributed by atoms with van der Waals surface area (Å²) >= 11 is 1.60. The monoisotopic (exact) mass is 464 g/mol. The summed E-state index contributed by atoms with van der Waals surface area (Å²) < 4.78 is 45.7. The Balaban J connectivity index is 1.76. The first-order chi connectivity index (χ1) is 14.8. The van der Waals surface area contributed by atoms with Gasteiger partial charge in [0.1, 0.15) is 11.5 Å². The lowest BCUT2D eigenvalue weighted by Gasteiger charge is -2.27. The second-order valence-electron chi connectivity index (χ2n) is 7.38. The van der Waals surface area contributed by atoms with Crippen LogP contribution in [-0.4, -0.2) is 49.6 Å². The number of fused-ring (bicyclic) bond motifs is 1. The van der Waals surface area contributed by atoms with Crippen molar-refractivity contribution in [2.75, 3.05) is 12.3 Å². The Bertz CT molecular complexity index is 1230. The van der Waals surface area contributed by atoms with Crippen molar-refractivity contribution in [1.82, 2.24) is 28.9 Å². The fourth-order valence-corrected chi connectivity index (χ4v) is 6.30. The average Bonchev–Trinajstić information content (AvgIpc) is 3.30. The number of halogens is 1. The van der Waals surface area contributed by atoms with Crippen molar-refractivity contribution in [1.29, 1.82) is 0 Å². The lowest BCUT2D eigenvalue weighted by atomic mass is 10.1. The van der Waals surface area contributed by atoms with E-state index in [0.717, 1.165) is 28.2 Å². The van der Waals surface area contributed by atoms with Crippen LogP contribution in [0, 0.1) is 12.7 Å². The van der Waals surface area contributed by atoms with E-state index in [9.17, 15) is 12.8 Å². The largest absolute Gasteiger partial charge is 0.301 e. The maximum absolute atomic E-state index is 13.8. The Labute approximate surface area is 185 Å². The Hall–Kier alpha value is -2.24. The van der Waals surface area contributed by atoms with E-state index in [4.69, 9.17) is 0 Å².